The Morgan fingerprint density at radius 3 is 2.64 bits per heavy atom. The monoisotopic (exact) mass is 193 g/mol. The largest absolute Gasteiger partial charge is 0.316 e. The summed E-state index contributed by atoms with van der Waals surface area (Å²) in [5, 5.41) is 3.51. The van der Waals surface area contributed by atoms with E-state index in [1.54, 1.807) is 0 Å². The first-order chi connectivity index (χ1) is 6.83. The van der Waals surface area contributed by atoms with Crippen LogP contribution in [0.1, 0.15) is 38.5 Å². The van der Waals surface area contributed by atoms with E-state index in [0.717, 1.165) is 24.5 Å². The lowest BCUT2D eigenvalue weighted by Gasteiger charge is -2.21. The highest BCUT2D eigenvalue weighted by atomic mass is 14.9. The van der Waals surface area contributed by atoms with E-state index in [9.17, 15) is 0 Å². The Kier molecular flexibility index (Phi) is 5.62. The third-order valence-electron chi connectivity index (χ3n) is 3.07. The minimum absolute atomic E-state index is 0.931. The van der Waals surface area contributed by atoms with Gasteiger partial charge in [-0.1, -0.05) is 44.1 Å². The van der Waals surface area contributed by atoms with Crippen LogP contribution < -0.4 is 5.32 Å². The van der Waals surface area contributed by atoms with Crippen LogP contribution in [0, 0.1) is 5.92 Å². The molecule has 1 nitrogen and oxygen atoms in total. The molecule has 0 aromatic heterocycles. The van der Waals surface area contributed by atoms with Crippen molar-refractivity contribution < 1.29 is 0 Å². The van der Waals surface area contributed by atoms with Crippen LogP contribution in [0.25, 0.3) is 0 Å². The van der Waals surface area contributed by atoms with Crippen molar-refractivity contribution in [3.8, 4) is 0 Å². The number of hydrogen-bond acceptors (Lipinski definition) is 1. The average molecular weight is 193 g/mol. The molecule has 0 spiro atoms. The molecule has 0 saturated heterocycles. The normalized spacial score (nSPS) is 18.0. The lowest BCUT2D eigenvalue weighted by atomic mass is 9.89. The lowest BCUT2D eigenvalue weighted by molar-refractivity contribution is 0.343. The van der Waals surface area contributed by atoms with Crippen molar-refractivity contribution in [2.45, 2.75) is 38.5 Å². The Bertz CT molecular complexity index is 178. The summed E-state index contributed by atoms with van der Waals surface area (Å²) in [6.07, 6.45) is 10.1. The Balaban J connectivity index is 1.97. The van der Waals surface area contributed by atoms with E-state index in [0.29, 0.717) is 0 Å². The van der Waals surface area contributed by atoms with Gasteiger partial charge in [-0.3, -0.25) is 0 Å². The first kappa shape index (κ1) is 11.5. The molecule has 0 aliphatic heterocycles. The van der Waals surface area contributed by atoms with Gasteiger partial charge in [0, 0.05) is 0 Å². The predicted octanol–water partition coefficient (Wildman–Crippen LogP) is 3.29. The quantitative estimate of drug-likeness (QED) is 0.504. The molecule has 1 aliphatic carbocycles. The number of hydrogen-bond donors (Lipinski definition) is 1. The minimum Gasteiger partial charge on any atom is -0.316 e. The van der Waals surface area contributed by atoms with Crippen molar-refractivity contribution >= 4 is 0 Å². The standard InChI is InChI=1S/C13H23N/c1-3-12(2)9-10-14-11-13-7-5-4-6-8-13/h3,13-14H,1-2,4-11H2. The van der Waals surface area contributed by atoms with Crippen LogP contribution in [0.5, 0.6) is 0 Å². The van der Waals surface area contributed by atoms with E-state index in [1.165, 1.54) is 38.6 Å². The second-order valence-electron chi connectivity index (χ2n) is 4.32. The first-order valence-electron chi connectivity index (χ1n) is 5.84. The van der Waals surface area contributed by atoms with Crippen LogP contribution in [0.15, 0.2) is 24.8 Å². The molecule has 0 amide bonds. The van der Waals surface area contributed by atoms with Crippen molar-refractivity contribution in [2.24, 2.45) is 5.92 Å². The average Bonchev–Trinajstić information content (AvgIpc) is 2.25. The van der Waals surface area contributed by atoms with Gasteiger partial charge in [-0.05, 0) is 38.3 Å². The molecule has 0 heterocycles. The molecular weight excluding hydrogens is 170 g/mol. The zero-order chi connectivity index (χ0) is 10.2. The molecule has 14 heavy (non-hydrogen) atoms. The van der Waals surface area contributed by atoms with Crippen LogP contribution in [-0.4, -0.2) is 13.1 Å². The molecule has 80 valence electrons. The van der Waals surface area contributed by atoms with Crippen LogP contribution in [0.4, 0.5) is 0 Å². The second kappa shape index (κ2) is 6.83. The van der Waals surface area contributed by atoms with Crippen LogP contribution in [0.2, 0.25) is 0 Å². The van der Waals surface area contributed by atoms with Crippen LogP contribution in [0.3, 0.4) is 0 Å². The molecule has 0 radical (unpaired) electrons. The first-order valence-corrected chi connectivity index (χ1v) is 5.84. The van der Waals surface area contributed by atoms with Gasteiger partial charge in [-0.15, -0.1) is 0 Å². The zero-order valence-corrected chi connectivity index (χ0v) is 9.23. The summed E-state index contributed by atoms with van der Waals surface area (Å²) >= 11 is 0. The number of rotatable bonds is 6. The van der Waals surface area contributed by atoms with Gasteiger partial charge in [-0.25, -0.2) is 0 Å². The van der Waals surface area contributed by atoms with Gasteiger partial charge in [-0.2, -0.15) is 0 Å². The van der Waals surface area contributed by atoms with E-state index < -0.39 is 0 Å². The molecule has 0 aromatic carbocycles. The molecular formula is C13H23N. The molecule has 1 saturated carbocycles. The number of nitrogens with one attached hydrogen (secondary N) is 1. The summed E-state index contributed by atoms with van der Waals surface area (Å²) in [4.78, 5) is 0. The Labute approximate surface area is 88.3 Å². The summed E-state index contributed by atoms with van der Waals surface area (Å²) in [5.41, 5.74) is 1.14. The molecule has 0 bridgehead atoms. The molecule has 1 heteroatoms. The summed E-state index contributed by atoms with van der Waals surface area (Å²) in [7, 11) is 0. The van der Waals surface area contributed by atoms with Crippen LogP contribution in [-0.2, 0) is 0 Å². The maximum atomic E-state index is 3.90. The topological polar surface area (TPSA) is 12.0 Å². The highest BCUT2D eigenvalue weighted by molar-refractivity contribution is 5.10. The van der Waals surface area contributed by atoms with Gasteiger partial charge in [0.15, 0.2) is 0 Å². The molecule has 1 rings (SSSR count). The van der Waals surface area contributed by atoms with E-state index in [1.807, 2.05) is 6.08 Å². The maximum absolute atomic E-state index is 3.90. The van der Waals surface area contributed by atoms with Gasteiger partial charge < -0.3 is 5.32 Å². The SMILES string of the molecule is C=CC(=C)CCNCC1CCCCC1. The molecule has 1 aliphatic rings. The minimum atomic E-state index is 0.931. The predicted molar refractivity (Wildman–Crippen MR) is 63.4 cm³/mol. The van der Waals surface area contributed by atoms with Crippen molar-refractivity contribution in [1.82, 2.24) is 5.32 Å². The zero-order valence-electron chi connectivity index (χ0n) is 9.23. The number of allylic oxidation sites excluding steroid dienone is 1. The van der Waals surface area contributed by atoms with E-state index in [-0.39, 0.29) is 0 Å². The third kappa shape index (κ3) is 4.61. The fourth-order valence-corrected chi connectivity index (χ4v) is 2.05. The van der Waals surface area contributed by atoms with Crippen molar-refractivity contribution in [3.05, 3.63) is 24.8 Å². The Morgan fingerprint density at radius 1 is 1.29 bits per heavy atom. The van der Waals surface area contributed by atoms with Gasteiger partial charge in [0.2, 0.25) is 0 Å². The molecule has 1 fully saturated rings. The van der Waals surface area contributed by atoms with Crippen LogP contribution >= 0.6 is 0 Å². The van der Waals surface area contributed by atoms with Gasteiger partial charge in [0.25, 0.3) is 0 Å². The fraction of sp³-hybridized carbons (Fsp3) is 0.692. The fourth-order valence-electron chi connectivity index (χ4n) is 2.05. The van der Waals surface area contributed by atoms with Gasteiger partial charge in [0.05, 0.1) is 0 Å². The highest BCUT2D eigenvalue weighted by Crippen LogP contribution is 2.22. The second-order valence-corrected chi connectivity index (χ2v) is 4.32. The molecule has 0 unspecified atom stereocenters. The Hall–Kier alpha value is -0.560. The maximum Gasteiger partial charge on any atom is -0.000846 e. The molecule has 0 aromatic rings. The molecule has 0 atom stereocenters. The summed E-state index contributed by atoms with van der Waals surface area (Å²) in [6.45, 7) is 9.86. The van der Waals surface area contributed by atoms with Gasteiger partial charge >= 0.3 is 0 Å². The summed E-state index contributed by atoms with van der Waals surface area (Å²) < 4.78 is 0. The van der Waals surface area contributed by atoms with Crippen molar-refractivity contribution in [2.75, 3.05) is 13.1 Å². The van der Waals surface area contributed by atoms with Crippen molar-refractivity contribution in [3.63, 3.8) is 0 Å². The lowest BCUT2D eigenvalue weighted by Crippen LogP contribution is -2.25. The van der Waals surface area contributed by atoms with E-state index in [4.69, 9.17) is 0 Å². The third-order valence-corrected chi connectivity index (χ3v) is 3.07. The summed E-state index contributed by atoms with van der Waals surface area (Å²) in [5.74, 6) is 0.931. The highest BCUT2D eigenvalue weighted by Gasteiger charge is 2.11. The van der Waals surface area contributed by atoms with Crippen molar-refractivity contribution in [1.29, 1.82) is 0 Å². The Morgan fingerprint density at radius 2 is 2.00 bits per heavy atom. The summed E-state index contributed by atoms with van der Waals surface area (Å²) in [6, 6.07) is 0. The smallest absolute Gasteiger partial charge is 0.000846 e. The van der Waals surface area contributed by atoms with E-state index >= 15 is 0 Å². The van der Waals surface area contributed by atoms with Gasteiger partial charge in [0.1, 0.15) is 0 Å². The molecule has 1 N–H and O–H groups in total. The van der Waals surface area contributed by atoms with E-state index in [2.05, 4.69) is 18.5 Å².